The highest BCUT2D eigenvalue weighted by atomic mass is 16.5. The number of aryl methyl sites for hydroxylation is 1. The number of rotatable bonds is 4. The molecule has 1 N–H and O–H groups in total. The summed E-state index contributed by atoms with van der Waals surface area (Å²) in [5.74, 6) is 2.49. The van der Waals surface area contributed by atoms with Crippen LogP contribution in [-0.2, 0) is 17.6 Å². The molecular weight excluding hydrogens is 250 g/mol. The van der Waals surface area contributed by atoms with Gasteiger partial charge in [-0.15, -0.1) is 0 Å². The number of aromatic nitrogens is 2. The number of fused-ring (bicyclic) bond motifs is 1. The van der Waals surface area contributed by atoms with Crippen molar-refractivity contribution in [1.29, 1.82) is 0 Å². The van der Waals surface area contributed by atoms with Crippen LogP contribution >= 0.6 is 0 Å². The SMILES string of the molecule is CNc1nc(C(OC)C2CCCCC2)nc2c1CCC2. The molecule has 0 aliphatic heterocycles. The molecule has 0 radical (unpaired) electrons. The van der Waals surface area contributed by atoms with Crippen LogP contribution in [0.4, 0.5) is 5.82 Å². The Labute approximate surface area is 121 Å². The Bertz CT molecular complexity index is 469. The van der Waals surface area contributed by atoms with Gasteiger partial charge in [0.25, 0.3) is 0 Å². The number of hydrogen-bond acceptors (Lipinski definition) is 4. The molecule has 1 heterocycles. The van der Waals surface area contributed by atoms with Crippen LogP contribution < -0.4 is 5.32 Å². The lowest BCUT2D eigenvalue weighted by atomic mass is 9.85. The average molecular weight is 275 g/mol. The Morgan fingerprint density at radius 3 is 2.60 bits per heavy atom. The predicted octanol–water partition coefficient (Wildman–Crippen LogP) is 3.27. The molecule has 0 saturated heterocycles. The van der Waals surface area contributed by atoms with Gasteiger partial charge in [-0.2, -0.15) is 0 Å². The quantitative estimate of drug-likeness (QED) is 0.916. The summed E-state index contributed by atoms with van der Waals surface area (Å²) in [6, 6.07) is 0. The topological polar surface area (TPSA) is 47.0 Å². The van der Waals surface area contributed by atoms with E-state index in [2.05, 4.69) is 5.32 Å². The summed E-state index contributed by atoms with van der Waals surface area (Å²) in [5.41, 5.74) is 2.55. The number of nitrogens with zero attached hydrogens (tertiary/aromatic N) is 2. The van der Waals surface area contributed by atoms with E-state index in [1.54, 1.807) is 7.11 Å². The maximum atomic E-state index is 5.78. The van der Waals surface area contributed by atoms with Gasteiger partial charge in [-0.05, 0) is 38.0 Å². The van der Waals surface area contributed by atoms with E-state index in [4.69, 9.17) is 14.7 Å². The molecule has 20 heavy (non-hydrogen) atoms. The largest absolute Gasteiger partial charge is 0.373 e. The number of hydrogen-bond donors (Lipinski definition) is 1. The van der Waals surface area contributed by atoms with Gasteiger partial charge in [-0.25, -0.2) is 9.97 Å². The van der Waals surface area contributed by atoms with E-state index in [0.29, 0.717) is 5.92 Å². The van der Waals surface area contributed by atoms with E-state index in [9.17, 15) is 0 Å². The standard InChI is InChI=1S/C16H25N3O/c1-17-15-12-9-6-10-13(12)18-16(19-15)14(20-2)11-7-4-3-5-8-11/h11,14H,3-10H2,1-2H3,(H,17,18,19). The third-order valence-corrected chi connectivity index (χ3v) is 4.77. The molecule has 1 saturated carbocycles. The van der Waals surface area contributed by atoms with Crippen molar-refractivity contribution in [3.05, 3.63) is 17.1 Å². The van der Waals surface area contributed by atoms with Gasteiger partial charge in [0, 0.05) is 25.4 Å². The molecule has 4 nitrogen and oxygen atoms in total. The summed E-state index contributed by atoms with van der Waals surface area (Å²) in [6.45, 7) is 0. The van der Waals surface area contributed by atoms with Gasteiger partial charge < -0.3 is 10.1 Å². The highest BCUT2D eigenvalue weighted by molar-refractivity contribution is 5.48. The first kappa shape index (κ1) is 13.8. The lowest BCUT2D eigenvalue weighted by Gasteiger charge is -2.28. The average Bonchev–Trinajstić information content (AvgIpc) is 2.97. The maximum absolute atomic E-state index is 5.78. The fraction of sp³-hybridized carbons (Fsp3) is 0.750. The number of ether oxygens (including phenoxy) is 1. The van der Waals surface area contributed by atoms with Crippen LogP contribution in [0.15, 0.2) is 0 Å². The van der Waals surface area contributed by atoms with Crippen molar-refractivity contribution in [3.63, 3.8) is 0 Å². The predicted molar refractivity (Wildman–Crippen MR) is 79.9 cm³/mol. The van der Waals surface area contributed by atoms with Gasteiger partial charge in [-0.3, -0.25) is 0 Å². The van der Waals surface area contributed by atoms with E-state index < -0.39 is 0 Å². The monoisotopic (exact) mass is 275 g/mol. The van der Waals surface area contributed by atoms with Crippen LogP contribution in [0.1, 0.15) is 61.7 Å². The first-order chi connectivity index (χ1) is 9.83. The van der Waals surface area contributed by atoms with Gasteiger partial charge in [0.05, 0.1) is 0 Å². The molecule has 1 aromatic heterocycles. The van der Waals surface area contributed by atoms with E-state index in [1.165, 1.54) is 49.8 Å². The van der Waals surface area contributed by atoms with Crippen LogP contribution in [0.25, 0.3) is 0 Å². The molecule has 110 valence electrons. The Morgan fingerprint density at radius 1 is 1.10 bits per heavy atom. The lowest BCUT2D eigenvalue weighted by Crippen LogP contribution is -2.21. The highest BCUT2D eigenvalue weighted by Gasteiger charge is 2.29. The van der Waals surface area contributed by atoms with Crippen molar-refractivity contribution in [3.8, 4) is 0 Å². The molecule has 0 amide bonds. The Balaban J connectivity index is 1.91. The Kier molecular flexibility index (Phi) is 4.20. The molecule has 0 aromatic carbocycles. The zero-order valence-electron chi connectivity index (χ0n) is 12.6. The van der Waals surface area contributed by atoms with Gasteiger partial charge >= 0.3 is 0 Å². The van der Waals surface area contributed by atoms with Crippen molar-refractivity contribution < 1.29 is 4.74 Å². The van der Waals surface area contributed by atoms with Crippen LogP contribution in [0.3, 0.4) is 0 Å². The molecule has 2 aliphatic carbocycles. The Morgan fingerprint density at radius 2 is 1.90 bits per heavy atom. The number of methoxy groups -OCH3 is 1. The van der Waals surface area contributed by atoms with Crippen molar-refractivity contribution >= 4 is 5.82 Å². The summed E-state index contributed by atoms with van der Waals surface area (Å²) in [5, 5.41) is 3.24. The first-order valence-electron chi connectivity index (χ1n) is 7.93. The third-order valence-electron chi connectivity index (χ3n) is 4.77. The summed E-state index contributed by atoms with van der Waals surface area (Å²) < 4.78 is 5.78. The van der Waals surface area contributed by atoms with E-state index in [0.717, 1.165) is 24.5 Å². The minimum Gasteiger partial charge on any atom is -0.373 e. The second kappa shape index (κ2) is 6.08. The summed E-state index contributed by atoms with van der Waals surface area (Å²) in [4.78, 5) is 9.59. The zero-order valence-corrected chi connectivity index (χ0v) is 12.6. The molecule has 4 heteroatoms. The third kappa shape index (κ3) is 2.53. The van der Waals surface area contributed by atoms with E-state index in [-0.39, 0.29) is 6.10 Å². The molecule has 1 fully saturated rings. The van der Waals surface area contributed by atoms with Crippen LogP contribution in [-0.4, -0.2) is 24.1 Å². The molecule has 2 aliphatic rings. The molecule has 0 bridgehead atoms. The molecule has 0 spiro atoms. The first-order valence-corrected chi connectivity index (χ1v) is 7.93. The fourth-order valence-electron chi connectivity index (χ4n) is 3.73. The molecule has 3 rings (SSSR count). The van der Waals surface area contributed by atoms with Gasteiger partial charge in [0.2, 0.25) is 0 Å². The van der Waals surface area contributed by atoms with E-state index >= 15 is 0 Å². The number of nitrogens with one attached hydrogen (secondary N) is 1. The molecule has 1 atom stereocenters. The molecule has 1 unspecified atom stereocenters. The highest BCUT2D eigenvalue weighted by Crippen LogP contribution is 2.37. The maximum Gasteiger partial charge on any atom is 0.160 e. The van der Waals surface area contributed by atoms with Crippen molar-refractivity contribution in [2.75, 3.05) is 19.5 Å². The zero-order chi connectivity index (χ0) is 13.9. The molecule has 1 aromatic rings. The lowest BCUT2D eigenvalue weighted by molar-refractivity contribution is 0.0289. The van der Waals surface area contributed by atoms with E-state index in [1.807, 2.05) is 7.05 Å². The second-order valence-electron chi connectivity index (χ2n) is 6.01. The second-order valence-corrected chi connectivity index (χ2v) is 6.01. The minimum atomic E-state index is 0.0632. The van der Waals surface area contributed by atoms with Crippen LogP contribution in [0.5, 0.6) is 0 Å². The smallest absolute Gasteiger partial charge is 0.160 e. The van der Waals surface area contributed by atoms with Gasteiger partial charge in [0.1, 0.15) is 11.9 Å². The van der Waals surface area contributed by atoms with Gasteiger partial charge in [-0.1, -0.05) is 19.3 Å². The Hall–Kier alpha value is -1.16. The van der Waals surface area contributed by atoms with Crippen LogP contribution in [0, 0.1) is 5.92 Å². The molecular formula is C16H25N3O. The summed E-state index contributed by atoms with van der Waals surface area (Å²) in [7, 11) is 3.75. The summed E-state index contributed by atoms with van der Waals surface area (Å²) in [6.07, 6.45) is 9.93. The van der Waals surface area contributed by atoms with Crippen LogP contribution in [0.2, 0.25) is 0 Å². The number of anilines is 1. The van der Waals surface area contributed by atoms with Gasteiger partial charge in [0.15, 0.2) is 5.82 Å². The normalized spacial score (nSPS) is 20.7. The van der Waals surface area contributed by atoms with Crippen molar-refractivity contribution in [2.24, 2.45) is 5.92 Å². The minimum absolute atomic E-state index is 0.0632. The summed E-state index contributed by atoms with van der Waals surface area (Å²) >= 11 is 0. The fourth-order valence-corrected chi connectivity index (χ4v) is 3.73. The van der Waals surface area contributed by atoms with Crippen molar-refractivity contribution in [1.82, 2.24) is 9.97 Å². The van der Waals surface area contributed by atoms with Crippen molar-refractivity contribution in [2.45, 2.75) is 57.5 Å².